The quantitative estimate of drug-likeness (QED) is 0.540. The van der Waals surface area contributed by atoms with Gasteiger partial charge < -0.3 is 10.5 Å². The van der Waals surface area contributed by atoms with Crippen LogP contribution < -0.4 is 5.73 Å². The van der Waals surface area contributed by atoms with Crippen LogP contribution in [0.15, 0.2) is 12.2 Å². The number of hydrogen-bond donors (Lipinski definition) is 1. The highest BCUT2D eigenvalue weighted by atomic mass is 16.5. The van der Waals surface area contributed by atoms with E-state index in [4.69, 9.17) is 4.74 Å². The van der Waals surface area contributed by atoms with Crippen molar-refractivity contribution in [3.05, 3.63) is 12.2 Å². The standard InChI is InChI=1S/C9H16O2.CH5N/c1-5-8(6-2)11-9(10)7(3)4;1-2/h8H,3,5-6H2,1-2,4H3;2H2,1H3. The van der Waals surface area contributed by atoms with Gasteiger partial charge in [-0.15, -0.1) is 0 Å². The summed E-state index contributed by atoms with van der Waals surface area (Å²) in [5.41, 5.74) is 4.97. The summed E-state index contributed by atoms with van der Waals surface area (Å²) in [6.07, 6.45) is 1.80. The van der Waals surface area contributed by atoms with Crippen molar-refractivity contribution in [2.45, 2.75) is 39.7 Å². The van der Waals surface area contributed by atoms with Crippen LogP contribution in [0.1, 0.15) is 33.6 Å². The van der Waals surface area contributed by atoms with Gasteiger partial charge in [-0.2, -0.15) is 0 Å². The summed E-state index contributed by atoms with van der Waals surface area (Å²) in [4.78, 5) is 10.9. The number of carbonyl (C=O) groups excluding carboxylic acids is 1. The van der Waals surface area contributed by atoms with Gasteiger partial charge in [-0.3, -0.25) is 0 Å². The van der Waals surface area contributed by atoms with Crippen molar-refractivity contribution in [1.82, 2.24) is 0 Å². The average Bonchev–Trinajstić information content (AvgIpc) is 2.16. The second-order valence-electron chi connectivity index (χ2n) is 2.62. The van der Waals surface area contributed by atoms with E-state index in [1.165, 1.54) is 7.05 Å². The Hall–Kier alpha value is -0.830. The molecule has 0 fully saturated rings. The number of ether oxygens (including phenoxy) is 1. The van der Waals surface area contributed by atoms with E-state index in [-0.39, 0.29) is 12.1 Å². The van der Waals surface area contributed by atoms with Crippen LogP contribution in [0, 0.1) is 0 Å². The molecule has 0 aromatic heterocycles. The topological polar surface area (TPSA) is 52.3 Å². The molecule has 3 nitrogen and oxygen atoms in total. The summed E-state index contributed by atoms with van der Waals surface area (Å²) in [7, 11) is 1.50. The first kappa shape index (κ1) is 14.7. The molecule has 0 bridgehead atoms. The number of hydrogen-bond acceptors (Lipinski definition) is 3. The largest absolute Gasteiger partial charge is 0.459 e. The molecule has 0 saturated heterocycles. The fourth-order valence-electron chi connectivity index (χ4n) is 0.707. The van der Waals surface area contributed by atoms with Gasteiger partial charge in [-0.25, -0.2) is 4.79 Å². The minimum Gasteiger partial charge on any atom is -0.459 e. The first-order valence-corrected chi connectivity index (χ1v) is 4.56. The predicted octanol–water partition coefficient (Wildman–Crippen LogP) is 1.87. The van der Waals surface area contributed by atoms with Crippen LogP contribution in [0.2, 0.25) is 0 Å². The third-order valence-electron chi connectivity index (χ3n) is 1.53. The molecule has 0 aliphatic carbocycles. The Morgan fingerprint density at radius 3 is 2.00 bits per heavy atom. The maximum atomic E-state index is 10.9. The molecule has 3 heteroatoms. The Kier molecular flexibility index (Phi) is 10.5. The van der Waals surface area contributed by atoms with E-state index < -0.39 is 0 Å². The molecule has 0 spiro atoms. The van der Waals surface area contributed by atoms with E-state index in [0.29, 0.717) is 5.57 Å². The maximum absolute atomic E-state index is 10.9. The molecule has 0 aromatic carbocycles. The van der Waals surface area contributed by atoms with Gasteiger partial charge in [0, 0.05) is 5.57 Å². The molecular weight excluding hydrogens is 166 g/mol. The van der Waals surface area contributed by atoms with E-state index in [2.05, 4.69) is 12.3 Å². The monoisotopic (exact) mass is 187 g/mol. The van der Waals surface area contributed by atoms with Gasteiger partial charge in [0.2, 0.25) is 0 Å². The Bertz CT molecular complexity index is 151. The number of carbonyl (C=O) groups is 1. The molecular formula is C10H21NO2. The zero-order valence-corrected chi connectivity index (χ0v) is 9.09. The van der Waals surface area contributed by atoms with Gasteiger partial charge in [0.15, 0.2) is 0 Å². The summed E-state index contributed by atoms with van der Waals surface area (Å²) in [6.45, 7) is 9.16. The minimum atomic E-state index is -0.279. The predicted molar refractivity (Wildman–Crippen MR) is 55.4 cm³/mol. The molecule has 0 rings (SSSR count). The van der Waals surface area contributed by atoms with Gasteiger partial charge in [0.25, 0.3) is 0 Å². The summed E-state index contributed by atoms with van der Waals surface area (Å²) < 4.78 is 5.07. The van der Waals surface area contributed by atoms with Crippen LogP contribution in [0.4, 0.5) is 0 Å². The van der Waals surface area contributed by atoms with Crippen LogP contribution in [-0.2, 0) is 9.53 Å². The molecule has 13 heavy (non-hydrogen) atoms. The lowest BCUT2D eigenvalue weighted by Crippen LogP contribution is -2.16. The highest BCUT2D eigenvalue weighted by molar-refractivity contribution is 5.87. The number of nitrogens with two attached hydrogens (primary N) is 1. The van der Waals surface area contributed by atoms with E-state index in [0.717, 1.165) is 12.8 Å². The van der Waals surface area contributed by atoms with Crippen LogP contribution in [0.3, 0.4) is 0 Å². The van der Waals surface area contributed by atoms with Crippen molar-refractivity contribution >= 4 is 5.97 Å². The van der Waals surface area contributed by atoms with Crippen LogP contribution in [-0.4, -0.2) is 19.1 Å². The second-order valence-corrected chi connectivity index (χ2v) is 2.62. The molecule has 0 unspecified atom stereocenters. The summed E-state index contributed by atoms with van der Waals surface area (Å²) >= 11 is 0. The highest BCUT2D eigenvalue weighted by Gasteiger charge is 2.09. The zero-order valence-electron chi connectivity index (χ0n) is 9.09. The fraction of sp³-hybridized carbons (Fsp3) is 0.700. The third-order valence-corrected chi connectivity index (χ3v) is 1.53. The lowest BCUT2D eigenvalue weighted by Gasteiger charge is -2.13. The van der Waals surface area contributed by atoms with E-state index >= 15 is 0 Å². The third kappa shape index (κ3) is 7.53. The fourth-order valence-corrected chi connectivity index (χ4v) is 0.707. The summed E-state index contributed by atoms with van der Waals surface area (Å²) in [5, 5.41) is 0. The SMILES string of the molecule is C=C(C)C(=O)OC(CC)CC.CN. The molecule has 0 amide bonds. The summed E-state index contributed by atoms with van der Waals surface area (Å²) in [5.74, 6) is -0.279. The van der Waals surface area contributed by atoms with Gasteiger partial charge in [-0.05, 0) is 26.8 Å². The van der Waals surface area contributed by atoms with Crippen LogP contribution in [0.5, 0.6) is 0 Å². The second kappa shape index (κ2) is 9.26. The summed E-state index contributed by atoms with van der Waals surface area (Å²) in [6, 6.07) is 0. The smallest absolute Gasteiger partial charge is 0.333 e. The van der Waals surface area contributed by atoms with Crippen molar-refractivity contribution in [2.75, 3.05) is 7.05 Å². The van der Waals surface area contributed by atoms with Crippen molar-refractivity contribution in [2.24, 2.45) is 5.73 Å². The maximum Gasteiger partial charge on any atom is 0.333 e. The molecule has 0 aromatic rings. The van der Waals surface area contributed by atoms with Crippen molar-refractivity contribution in [1.29, 1.82) is 0 Å². The normalized spacial score (nSPS) is 8.77. The van der Waals surface area contributed by atoms with Crippen molar-refractivity contribution < 1.29 is 9.53 Å². The van der Waals surface area contributed by atoms with Crippen molar-refractivity contribution in [3.63, 3.8) is 0 Å². The molecule has 2 N–H and O–H groups in total. The molecule has 78 valence electrons. The van der Waals surface area contributed by atoms with E-state index in [1.54, 1.807) is 6.92 Å². The molecule has 0 radical (unpaired) electrons. The lowest BCUT2D eigenvalue weighted by atomic mass is 10.2. The van der Waals surface area contributed by atoms with Gasteiger partial charge in [0.05, 0.1) is 0 Å². The average molecular weight is 187 g/mol. The Balaban J connectivity index is 0. The first-order valence-electron chi connectivity index (χ1n) is 4.56. The first-order chi connectivity index (χ1) is 6.11. The van der Waals surface area contributed by atoms with E-state index in [1.807, 2.05) is 13.8 Å². The molecule has 0 aliphatic heterocycles. The Morgan fingerprint density at radius 1 is 1.38 bits per heavy atom. The number of esters is 1. The lowest BCUT2D eigenvalue weighted by molar-refractivity contribution is -0.144. The van der Waals surface area contributed by atoms with E-state index in [9.17, 15) is 4.79 Å². The van der Waals surface area contributed by atoms with Gasteiger partial charge in [0.1, 0.15) is 6.10 Å². The molecule has 0 aliphatic rings. The minimum absolute atomic E-state index is 0.0548. The zero-order chi connectivity index (χ0) is 10.9. The molecule has 0 atom stereocenters. The van der Waals surface area contributed by atoms with Gasteiger partial charge >= 0.3 is 5.97 Å². The molecule has 0 saturated carbocycles. The van der Waals surface area contributed by atoms with Gasteiger partial charge in [-0.1, -0.05) is 20.4 Å². The highest BCUT2D eigenvalue weighted by Crippen LogP contribution is 2.05. The Labute approximate surface area is 81.0 Å². The van der Waals surface area contributed by atoms with Crippen LogP contribution >= 0.6 is 0 Å². The van der Waals surface area contributed by atoms with Crippen molar-refractivity contribution in [3.8, 4) is 0 Å². The Morgan fingerprint density at radius 2 is 1.77 bits per heavy atom. The van der Waals surface area contributed by atoms with Crippen LogP contribution in [0.25, 0.3) is 0 Å². The molecule has 0 heterocycles. The number of rotatable bonds is 4.